The van der Waals surface area contributed by atoms with Gasteiger partial charge < -0.3 is 0 Å². The summed E-state index contributed by atoms with van der Waals surface area (Å²) in [5.41, 5.74) is 7.15. The van der Waals surface area contributed by atoms with Gasteiger partial charge in [0.15, 0.2) is 0 Å². The molecule has 3 aromatic rings. The van der Waals surface area contributed by atoms with Crippen LogP contribution >= 0.6 is 0 Å². The van der Waals surface area contributed by atoms with Crippen LogP contribution in [-0.2, 0) is 12.8 Å². The largest absolute Gasteiger partial charge is 0.251 e. The Morgan fingerprint density at radius 2 is 1.37 bits per heavy atom. The summed E-state index contributed by atoms with van der Waals surface area (Å²) in [5, 5.41) is 4.56. The molecule has 0 amide bonds. The van der Waals surface area contributed by atoms with Crippen LogP contribution in [-0.4, -0.2) is 21.1 Å². The molecule has 0 aliphatic rings. The molecule has 2 aromatic heterocycles. The van der Waals surface area contributed by atoms with Gasteiger partial charge in [0.1, 0.15) is 0 Å². The minimum absolute atomic E-state index is 0.857. The molecule has 0 saturated heterocycles. The van der Waals surface area contributed by atoms with Crippen molar-refractivity contribution in [3.63, 3.8) is 0 Å². The Hall–Kier alpha value is -3.01. The van der Waals surface area contributed by atoms with Crippen molar-refractivity contribution in [3.05, 3.63) is 83.4 Å². The predicted molar refractivity (Wildman–Crippen MR) is 113 cm³/mol. The van der Waals surface area contributed by atoms with E-state index in [1.165, 1.54) is 11.1 Å². The lowest BCUT2D eigenvalue weighted by Gasteiger charge is -2.10. The van der Waals surface area contributed by atoms with Gasteiger partial charge in [-0.25, -0.2) is 9.66 Å². The van der Waals surface area contributed by atoms with E-state index >= 15 is 0 Å². The zero-order valence-electron chi connectivity index (χ0n) is 16.5. The van der Waals surface area contributed by atoms with Crippen molar-refractivity contribution in [2.45, 2.75) is 40.5 Å². The van der Waals surface area contributed by atoms with Crippen LogP contribution in [0.2, 0.25) is 0 Å². The summed E-state index contributed by atoms with van der Waals surface area (Å²) < 4.78 is 1.79. The molecule has 0 saturated carbocycles. The van der Waals surface area contributed by atoms with E-state index in [0.29, 0.717) is 0 Å². The van der Waals surface area contributed by atoms with Crippen molar-refractivity contribution < 1.29 is 0 Å². The van der Waals surface area contributed by atoms with Gasteiger partial charge in [0.25, 0.3) is 0 Å². The molecule has 0 spiro atoms. The van der Waals surface area contributed by atoms with Crippen molar-refractivity contribution in [3.8, 4) is 0 Å². The SMILES string of the molecule is CCc1cccc(CC)c1N=C(C)c1cccc(/C(C)=N/n2cccc2)n1. The highest BCUT2D eigenvalue weighted by Crippen LogP contribution is 2.26. The maximum Gasteiger partial charge on any atom is 0.0867 e. The number of aromatic nitrogens is 2. The van der Waals surface area contributed by atoms with Crippen LogP contribution in [0.25, 0.3) is 0 Å². The highest BCUT2D eigenvalue weighted by molar-refractivity contribution is 6.01. The van der Waals surface area contributed by atoms with E-state index < -0.39 is 0 Å². The van der Waals surface area contributed by atoms with Gasteiger partial charge in [-0.3, -0.25) is 4.99 Å². The molecule has 138 valence electrons. The van der Waals surface area contributed by atoms with Crippen LogP contribution in [0.5, 0.6) is 0 Å². The van der Waals surface area contributed by atoms with Crippen LogP contribution in [0, 0.1) is 0 Å². The highest BCUT2D eigenvalue weighted by atomic mass is 15.3. The average Bonchev–Trinajstić information content (AvgIpc) is 3.21. The number of aryl methyl sites for hydroxylation is 2. The lowest BCUT2D eigenvalue weighted by Crippen LogP contribution is -2.06. The van der Waals surface area contributed by atoms with Crippen molar-refractivity contribution in [1.82, 2.24) is 9.66 Å². The van der Waals surface area contributed by atoms with Gasteiger partial charge in [0, 0.05) is 12.4 Å². The summed E-state index contributed by atoms with van der Waals surface area (Å²) >= 11 is 0. The number of aliphatic imine (C=N–C) groups is 1. The molecule has 0 N–H and O–H groups in total. The monoisotopic (exact) mass is 358 g/mol. The molecule has 0 bridgehead atoms. The van der Waals surface area contributed by atoms with E-state index in [1.54, 1.807) is 4.68 Å². The van der Waals surface area contributed by atoms with E-state index in [2.05, 4.69) is 37.1 Å². The van der Waals surface area contributed by atoms with Crippen molar-refractivity contribution in [2.24, 2.45) is 10.1 Å². The fourth-order valence-corrected chi connectivity index (χ4v) is 3.04. The number of benzene rings is 1. The van der Waals surface area contributed by atoms with E-state index in [-0.39, 0.29) is 0 Å². The van der Waals surface area contributed by atoms with E-state index in [0.717, 1.165) is 41.3 Å². The molecule has 2 heterocycles. The van der Waals surface area contributed by atoms with Crippen LogP contribution in [0.1, 0.15) is 50.2 Å². The summed E-state index contributed by atoms with van der Waals surface area (Å²) in [6.45, 7) is 8.34. The first-order valence-electron chi connectivity index (χ1n) is 9.44. The Morgan fingerprint density at radius 3 is 1.96 bits per heavy atom. The fourth-order valence-electron chi connectivity index (χ4n) is 3.04. The molecule has 0 aliphatic heterocycles. The Labute approximate surface area is 161 Å². The number of hydrogen-bond acceptors (Lipinski definition) is 3. The summed E-state index contributed by atoms with van der Waals surface area (Å²) in [7, 11) is 0. The first-order chi connectivity index (χ1) is 13.1. The fraction of sp³-hybridized carbons (Fsp3) is 0.261. The van der Waals surface area contributed by atoms with Crippen LogP contribution in [0.4, 0.5) is 5.69 Å². The maximum atomic E-state index is 4.96. The van der Waals surface area contributed by atoms with Gasteiger partial charge >= 0.3 is 0 Å². The van der Waals surface area contributed by atoms with Gasteiger partial charge in [-0.05, 0) is 62.1 Å². The summed E-state index contributed by atoms with van der Waals surface area (Å²) in [5.74, 6) is 0. The second-order valence-electron chi connectivity index (χ2n) is 6.49. The molecule has 27 heavy (non-hydrogen) atoms. The Bertz CT molecular complexity index is 944. The van der Waals surface area contributed by atoms with Gasteiger partial charge in [-0.1, -0.05) is 38.1 Å². The van der Waals surface area contributed by atoms with Crippen molar-refractivity contribution >= 4 is 17.1 Å². The third-order valence-electron chi connectivity index (χ3n) is 4.59. The average molecular weight is 358 g/mol. The molecule has 0 atom stereocenters. The molecule has 0 radical (unpaired) electrons. The van der Waals surface area contributed by atoms with Gasteiger partial charge in [0.2, 0.25) is 0 Å². The normalized spacial score (nSPS) is 12.4. The maximum absolute atomic E-state index is 4.96. The molecule has 0 aliphatic carbocycles. The van der Waals surface area contributed by atoms with E-state index in [9.17, 15) is 0 Å². The second kappa shape index (κ2) is 8.58. The molecule has 4 heteroatoms. The van der Waals surface area contributed by atoms with Crippen LogP contribution < -0.4 is 0 Å². The Morgan fingerprint density at radius 1 is 0.815 bits per heavy atom. The van der Waals surface area contributed by atoms with Crippen molar-refractivity contribution in [2.75, 3.05) is 0 Å². The third kappa shape index (κ3) is 4.40. The summed E-state index contributed by atoms with van der Waals surface area (Å²) in [4.78, 5) is 9.74. The number of hydrogen-bond donors (Lipinski definition) is 0. The van der Waals surface area contributed by atoms with Crippen LogP contribution in [0.15, 0.2) is 71.0 Å². The van der Waals surface area contributed by atoms with E-state index in [4.69, 9.17) is 9.98 Å². The minimum atomic E-state index is 0.857. The zero-order valence-corrected chi connectivity index (χ0v) is 16.5. The smallest absolute Gasteiger partial charge is 0.0867 e. The van der Waals surface area contributed by atoms with Gasteiger partial charge in [-0.2, -0.15) is 5.10 Å². The molecule has 1 aromatic carbocycles. The Balaban J connectivity index is 1.97. The quantitative estimate of drug-likeness (QED) is 0.542. The number of rotatable bonds is 6. The lowest BCUT2D eigenvalue weighted by molar-refractivity contribution is 0.884. The molecular formula is C23H26N4. The number of para-hydroxylation sites is 1. The molecule has 3 rings (SSSR count). The van der Waals surface area contributed by atoms with E-state index in [1.807, 2.05) is 56.6 Å². The minimum Gasteiger partial charge on any atom is -0.251 e. The first-order valence-corrected chi connectivity index (χ1v) is 9.44. The molecule has 4 nitrogen and oxygen atoms in total. The molecule has 0 unspecified atom stereocenters. The van der Waals surface area contributed by atoms with Gasteiger partial charge in [-0.15, -0.1) is 0 Å². The summed E-state index contributed by atoms with van der Waals surface area (Å²) in [6.07, 6.45) is 5.76. The molecular weight excluding hydrogens is 332 g/mol. The first kappa shape index (κ1) is 18.8. The van der Waals surface area contributed by atoms with Gasteiger partial charge in [0.05, 0.1) is 28.5 Å². The zero-order chi connectivity index (χ0) is 19.2. The summed E-state index contributed by atoms with van der Waals surface area (Å²) in [6, 6.07) is 16.3. The lowest BCUT2D eigenvalue weighted by atomic mass is 10.0. The standard InChI is InChI=1S/C23H26N4/c1-5-19-11-9-12-20(6-2)23(19)24-17(3)21-13-10-14-22(25-21)18(4)26-27-15-7-8-16-27/h7-16H,5-6H2,1-4H3/b24-17?,26-18+. The van der Waals surface area contributed by atoms with Crippen LogP contribution in [0.3, 0.4) is 0 Å². The predicted octanol–water partition coefficient (Wildman–Crippen LogP) is 5.42. The number of nitrogens with zero attached hydrogens (tertiary/aromatic N) is 4. The molecule has 0 fully saturated rings. The number of pyridine rings is 1. The topological polar surface area (TPSA) is 42.5 Å². The second-order valence-corrected chi connectivity index (χ2v) is 6.49. The highest BCUT2D eigenvalue weighted by Gasteiger charge is 2.08. The van der Waals surface area contributed by atoms with Crippen molar-refractivity contribution in [1.29, 1.82) is 0 Å². The third-order valence-corrected chi connectivity index (χ3v) is 4.59. The Kier molecular flexibility index (Phi) is 5.97.